The van der Waals surface area contributed by atoms with Gasteiger partial charge in [-0.3, -0.25) is 0 Å². The first kappa shape index (κ1) is 12.7. The van der Waals surface area contributed by atoms with Crippen molar-refractivity contribution in [3.63, 3.8) is 0 Å². The number of nitrogens with two attached hydrogens (primary N) is 1. The molecule has 1 fully saturated rings. The molecule has 0 bridgehead atoms. The summed E-state index contributed by atoms with van der Waals surface area (Å²) in [5.74, 6) is 0. The van der Waals surface area contributed by atoms with E-state index in [1.807, 2.05) is 18.2 Å². The van der Waals surface area contributed by atoms with Crippen LogP contribution in [-0.2, 0) is 11.3 Å². The highest BCUT2D eigenvalue weighted by atomic mass is 79.9. The molecule has 2 atom stereocenters. The second-order valence-electron chi connectivity index (χ2n) is 3.93. The summed E-state index contributed by atoms with van der Waals surface area (Å²) in [4.78, 5) is 0. The van der Waals surface area contributed by atoms with E-state index in [0.29, 0.717) is 6.61 Å². The Balaban J connectivity index is 0.00000112. The minimum absolute atomic E-state index is 0. The standard InChI is InChI=1S/C12H17NO.BrH/c13-11-7-4-8-12(11)14-9-10-5-2-1-3-6-10;/h1-3,5-6,11-12H,4,7-9,13H2;1H/t11-,12-;/m0./s1. The highest BCUT2D eigenvalue weighted by molar-refractivity contribution is 8.93. The average Bonchev–Trinajstić information content (AvgIpc) is 2.63. The molecule has 84 valence electrons. The Bertz CT molecular complexity index is 278. The molecule has 0 unspecified atom stereocenters. The molecular weight excluding hydrogens is 254 g/mol. The van der Waals surface area contributed by atoms with Crippen LogP contribution < -0.4 is 5.73 Å². The molecule has 1 aromatic carbocycles. The largest absolute Gasteiger partial charge is 0.372 e. The first-order valence-electron chi connectivity index (χ1n) is 5.27. The van der Waals surface area contributed by atoms with E-state index in [9.17, 15) is 0 Å². The molecule has 0 heterocycles. The van der Waals surface area contributed by atoms with Gasteiger partial charge >= 0.3 is 0 Å². The third-order valence-corrected chi connectivity index (χ3v) is 2.81. The van der Waals surface area contributed by atoms with Crippen molar-refractivity contribution >= 4 is 17.0 Å². The van der Waals surface area contributed by atoms with E-state index in [2.05, 4.69) is 12.1 Å². The third kappa shape index (κ3) is 3.59. The summed E-state index contributed by atoms with van der Waals surface area (Å²) in [6, 6.07) is 10.5. The Morgan fingerprint density at radius 3 is 2.53 bits per heavy atom. The first-order chi connectivity index (χ1) is 6.86. The predicted octanol–water partition coefficient (Wildman–Crippen LogP) is 2.66. The van der Waals surface area contributed by atoms with Crippen LogP contribution in [0.15, 0.2) is 30.3 Å². The predicted molar refractivity (Wildman–Crippen MR) is 67.2 cm³/mol. The van der Waals surface area contributed by atoms with Crippen LogP contribution in [0, 0.1) is 0 Å². The maximum atomic E-state index is 5.92. The van der Waals surface area contributed by atoms with Crippen LogP contribution in [-0.4, -0.2) is 12.1 Å². The summed E-state index contributed by atoms with van der Waals surface area (Å²) in [7, 11) is 0. The fourth-order valence-corrected chi connectivity index (χ4v) is 1.94. The smallest absolute Gasteiger partial charge is 0.0730 e. The zero-order valence-electron chi connectivity index (χ0n) is 8.76. The lowest BCUT2D eigenvalue weighted by molar-refractivity contribution is 0.0357. The van der Waals surface area contributed by atoms with Crippen LogP contribution in [0.2, 0.25) is 0 Å². The fourth-order valence-electron chi connectivity index (χ4n) is 1.94. The molecule has 2 N–H and O–H groups in total. The Hall–Kier alpha value is -0.380. The molecule has 0 amide bonds. The van der Waals surface area contributed by atoms with E-state index in [-0.39, 0.29) is 29.1 Å². The van der Waals surface area contributed by atoms with Gasteiger partial charge in [-0.1, -0.05) is 30.3 Å². The van der Waals surface area contributed by atoms with E-state index in [4.69, 9.17) is 10.5 Å². The fraction of sp³-hybridized carbons (Fsp3) is 0.500. The van der Waals surface area contributed by atoms with Crippen molar-refractivity contribution in [2.75, 3.05) is 0 Å². The van der Waals surface area contributed by atoms with Crippen LogP contribution in [0.3, 0.4) is 0 Å². The van der Waals surface area contributed by atoms with E-state index in [1.54, 1.807) is 0 Å². The van der Waals surface area contributed by atoms with Gasteiger partial charge in [0, 0.05) is 6.04 Å². The van der Waals surface area contributed by atoms with E-state index in [0.717, 1.165) is 12.8 Å². The minimum Gasteiger partial charge on any atom is -0.372 e. The summed E-state index contributed by atoms with van der Waals surface area (Å²) in [6.07, 6.45) is 3.71. The van der Waals surface area contributed by atoms with Gasteiger partial charge in [-0.2, -0.15) is 0 Å². The van der Waals surface area contributed by atoms with Gasteiger partial charge in [0.25, 0.3) is 0 Å². The Labute approximate surface area is 102 Å². The molecule has 0 saturated heterocycles. The number of hydrogen-bond acceptors (Lipinski definition) is 2. The maximum Gasteiger partial charge on any atom is 0.0730 e. The topological polar surface area (TPSA) is 35.2 Å². The summed E-state index contributed by atoms with van der Waals surface area (Å²) < 4.78 is 5.78. The van der Waals surface area contributed by atoms with Crippen molar-refractivity contribution in [1.29, 1.82) is 0 Å². The Kier molecular flexibility index (Phi) is 5.29. The normalized spacial score (nSPS) is 24.9. The number of rotatable bonds is 3. The minimum atomic E-state index is 0. The first-order valence-corrected chi connectivity index (χ1v) is 5.27. The molecule has 0 radical (unpaired) electrons. The highest BCUT2D eigenvalue weighted by Gasteiger charge is 2.24. The van der Waals surface area contributed by atoms with Gasteiger partial charge in [0.15, 0.2) is 0 Å². The molecule has 1 saturated carbocycles. The van der Waals surface area contributed by atoms with Crippen molar-refractivity contribution in [1.82, 2.24) is 0 Å². The van der Waals surface area contributed by atoms with Crippen molar-refractivity contribution in [2.45, 2.75) is 38.0 Å². The molecule has 3 heteroatoms. The second-order valence-corrected chi connectivity index (χ2v) is 3.93. The zero-order valence-corrected chi connectivity index (χ0v) is 10.5. The van der Waals surface area contributed by atoms with Crippen molar-refractivity contribution < 1.29 is 4.74 Å². The molecule has 1 aliphatic carbocycles. The van der Waals surface area contributed by atoms with E-state index in [1.165, 1.54) is 12.0 Å². The lowest BCUT2D eigenvalue weighted by atomic mass is 10.2. The quantitative estimate of drug-likeness (QED) is 0.918. The van der Waals surface area contributed by atoms with Crippen LogP contribution in [0.1, 0.15) is 24.8 Å². The SMILES string of the molecule is Br.N[C@H]1CCC[C@@H]1OCc1ccccc1. The van der Waals surface area contributed by atoms with Crippen molar-refractivity contribution in [2.24, 2.45) is 5.73 Å². The summed E-state index contributed by atoms with van der Waals surface area (Å²) in [6.45, 7) is 0.694. The molecule has 0 aromatic heterocycles. The third-order valence-electron chi connectivity index (χ3n) is 2.81. The monoisotopic (exact) mass is 271 g/mol. The van der Waals surface area contributed by atoms with E-state index < -0.39 is 0 Å². The van der Waals surface area contributed by atoms with Gasteiger partial charge in [-0.25, -0.2) is 0 Å². The Morgan fingerprint density at radius 2 is 1.93 bits per heavy atom. The summed E-state index contributed by atoms with van der Waals surface area (Å²) in [5.41, 5.74) is 7.15. The number of ether oxygens (including phenoxy) is 1. The zero-order chi connectivity index (χ0) is 9.80. The van der Waals surface area contributed by atoms with Gasteiger partial charge < -0.3 is 10.5 Å². The number of halogens is 1. The van der Waals surface area contributed by atoms with Crippen LogP contribution in [0.5, 0.6) is 0 Å². The summed E-state index contributed by atoms with van der Waals surface area (Å²) >= 11 is 0. The molecule has 0 spiro atoms. The second kappa shape index (κ2) is 6.26. The maximum absolute atomic E-state index is 5.92. The number of benzene rings is 1. The van der Waals surface area contributed by atoms with Crippen LogP contribution in [0.4, 0.5) is 0 Å². The molecule has 2 rings (SSSR count). The molecular formula is C12H18BrNO. The van der Waals surface area contributed by atoms with Gasteiger partial charge in [0.05, 0.1) is 12.7 Å². The highest BCUT2D eigenvalue weighted by Crippen LogP contribution is 2.21. The van der Waals surface area contributed by atoms with Crippen molar-refractivity contribution in [3.05, 3.63) is 35.9 Å². The van der Waals surface area contributed by atoms with Gasteiger partial charge in [0.1, 0.15) is 0 Å². The molecule has 15 heavy (non-hydrogen) atoms. The lowest BCUT2D eigenvalue weighted by Gasteiger charge is -2.16. The van der Waals surface area contributed by atoms with Crippen molar-refractivity contribution in [3.8, 4) is 0 Å². The summed E-state index contributed by atoms with van der Waals surface area (Å²) in [5, 5.41) is 0. The molecule has 1 aliphatic rings. The van der Waals surface area contributed by atoms with Gasteiger partial charge in [0.2, 0.25) is 0 Å². The lowest BCUT2D eigenvalue weighted by Crippen LogP contribution is -2.31. The van der Waals surface area contributed by atoms with Gasteiger partial charge in [-0.15, -0.1) is 17.0 Å². The van der Waals surface area contributed by atoms with E-state index >= 15 is 0 Å². The van der Waals surface area contributed by atoms with Crippen LogP contribution >= 0.6 is 17.0 Å². The van der Waals surface area contributed by atoms with Crippen LogP contribution in [0.25, 0.3) is 0 Å². The Morgan fingerprint density at radius 1 is 1.20 bits per heavy atom. The molecule has 1 aromatic rings. The van der Waals surface area contributed by atoms with Gasteiger partial charge in [-0.05, 0) is 24.8 Å². The molecule has 0 aliphatic heterocycles. The average molecular weight is 272 g/mol. The molecule has 2 nitrogen and oxygen atoms in total. The number of hydrogen-bond donors (Lipinski definition) is 1.